The van der Waals surface area contributed by atoms with Gasteiger partial charge in [-0.15, -0.1) is 0 Å². The van der Waals surface area contributed by atoms with E-state index in [2.05, 4.69) is 169 Å². The molecule has 0 saturated heterocycles. The fourth-order valence-electron chi connectivity index (χ4n) is 6.83. The topological polar surface area (TPSA) is 3.24 Å². The second-order valence-corrected chi connectivity index (χ2v) is 11.4. The fourth-order valence-corrected chi connectivity index (χ4v) is 6.83. The van der Waals surface area contributed by atoms with Gasteiger partial charge in [0.1, 0.15) is 0 Å². The van der Waals surface area contributed by atoms with Gasteiger partial charge in [0.2, 0.25) is 0 Å². The number of rotatable bonds is 3. The summed E-state index contributed by atoms with van der Waals surface area (Å²) in [5, 5.41) is 14.9. The average Bonchev–Trinajstić information content (AvgIpc) is 3.06. The SMILES string of the molecule is c1ccc2cc3c(N(c4cccc5cc6ccccc6cc45)c4cccc5cc6ccccc6cc45)cccc3cc2c1. The molecule has 0 aromatic heterocycles. The second-order valence-electron chi connectivity index (χ2n) is 11.4. The summed E-state index contributed by atoms with van der Waals surface area (Å²) in [6.07, 6.45) is 0. The van der Waals surface area contributed by atoms with Gasteiger partial charge in [-0.1, -0.05) is 109 Å². The Kier molecular flexibility index (Phi) is 5.27. The van der Waals surface area contributed by atoms with Crippen molar-refractivity contribution >= 4 is 81.7 Å². The van der Waals surface area contributed by atoms with Gasteiger partial charge in [-0.3, -0.25) is 0 Å². The molecular formula is C42H27N. The molecule has 1 heteroatoms. The second kappa shape index (κ2) is 9.44. The van der Waals surface area contributed by atoms with Crippen molar-refractivity contribution in [1.82, 2.24) is 0 Å². The molecule has 200 valence electrons. The Hall–Kier alpha value is -5.66. The molecule has 0 saturated carbocycles. The largest absolute Gasteiger partial charge is 0.309 e. The maximum absolute atomic E-state index is 2.49. The minimum absolute atomic E-state index is 1.17. The summed E-state index contributed by atoms with van der Waals surface area (Å²) in [5.41, 5.74) is 3.51. The molecule has 0 unspecified atom stereocenters. The molecule has 0 N–H and O–H groups in total. The zero-order valence-corrected chi connectivity index (χ0v) is 23.5. The third kappa shape index (κ3) is 3.86. The maximum atomic E-state index is 2.49. The van der Waals surface area contributed by atoms with E-state index in [1.165, 1.54) is 81.7 Å². The van der Waals surface area contributed by atoms with Crippen LogP contribution in [0.3, 0.4) is 0 Å². The summed E-state index contributed by atoms with van der Waals surface area (Å²) in [7, 11) is 0. The van der Waals surface area contributed by atoms with Crippen LogP contribution in [-0.4, -0.2) is 0 Å². The third-order valence-corrected chi connectivity index (χ3v) is 8.89. The summed E-state index contributed by atoms with van der Waals surface area (Å²) in [5.74, 6) is 0. The summed E-state index contributed by atoms with van der Waals surface area (Å²) in [6, 6.07) is 60.1. The Bertz CT molecular complexity index is 2240. The van der Waals surface area contributed by atoms with Crippen molar-refractivity contribution in [2.75, 3.05) is 4.90 Å². The number of fused-ring (bicyclic) bond motifs is 6. The zero-order valence-electron chi connectivity index (χ0n) is 23.5. The number of benzene rings is 9. The highest BCUT2D eigenvalue weighted by molar-refractivity contribution is 6.14. The van der Waals surface area contributed by atoms with Crippen LogP contribution >= 0.6 is 0 Å². The zero-order chi connectivity index (χ0) is 28.3. The first-order valence-electron chi connectivity index (χ1n) is 14.8. The number of anilines is 3. The van der Waals surface area contributed by atoms with Crippen molar-refractivity contribution in [2.24, 2.45) is 0 Å². The average molecular weight is 546 g/mol. The number of nitrogens with zero attached hydrogens (tertiary/aromatic N) is 1. The van der Waals surface area contributed by atoms with Crippen LogP contribution in [0.5, 0.6) is 0 Å². The summed E-state index contributed by atoms with van der Waals surface area (Å²) in [4.78, 5) is 2.49. The fraction of sp³-hybridized carbons (Fsp3) is 0. The van der Waals surface area contributed by atoms with E-state index in [1.54, 1.807) is 0 Å². The van der Waals surface area contributed by atoms with Gasteiger partial charge in [0.25, 0.3) is 0 Å². The highest BCUT2D eigenvalue weighted by atomic mass is 15.1. The Morgan fingerprint density at radius 3 is 0.791 bits per heavy atom. The van der Waals surface area contributed by atoms with E-state index in [0.29, 0.717) is 0 Å². The van der Waals surface area contributed by atoms with Gasteiger partial charge in [0.15, 0.2) is 0 Å². The van der Waals surface area contributed by atoms with E-state index in [0.717, 1.165) is 0 Å². The maximum Gasteiger partial charge on any atom is 0.0540 e. The van der Waals surface area contributed by atoms with Crippen molar-refractivity contribution < 1.29 is 0 Å². The molecule has 0 spiro atoms. The quantitative estimate of drug-likeness (QED) is 0.200. The minimum Gasteiger partial charge on any atom is -0.309 e. The predicted octanol–water partition coefficient (Wildman–Crippen LogP) is 12.1. The molecule has 9 aromatic carbocycles. The normalized spacial score (nSPS) is 11.7. The summed E-state index contributed by atoms with van der Waals surface area (Å²) >= 11 is 0. The van der Waals surface area contributed by atoms with E-state index >= 15 is 0 Å². The lowest BCUT2D eigenvalue weighted by Crippen LogP contribution is -2.11. The van der Waals surface area contributed by atoms with Crippen molar-refractivity contribution in [3.63, 3.8) is 0 Å². The van der Waals surface area contributed by atoms with Crippen LogP contribution < -0.4 is 4.90 Å². The monoisotopic (exact) mass is 545 g/mol. The van der Waals surface area contributed by atoms with Crippen LogP contribution in [0.2, 0.25) is 0 Å². The van der Waals surface area contributed by atoms with Crippen LogP contribution in [0.15, 0.2) is 164 Å². The van der Waals surface area contributed by atoms with Gasteiger partial charge in [-0.2, -0.15) is 0 Å². The molecule has 0 amide bonds. The molecule has 0 aliphatic heterocycles. The highest BCUT2D eigenvalue weighted by Crippen LogP contribution is 2.46. The van der Waals surface area contributed by atoms with Crippen molar-refractivity contribution in [2.45, 2.75) is 0 Å². The van der Waals surface area contributed by atoms with E-state index in [1.807, 2.05) is 0 Å². The minimum atomic E-state index is 1.17. The van der Waals surface area contributed by atoms with E-state index in [9.17, 15) is 0 Å². The van der Waals surface area contributed by atoms with Crippen molar-refractivity contribution in [1.29, 1.82) is 0 Å². The summed E-state index contributed by atoms with van der Waals surface area (Å²) in [6.45, 7) is 0. The van der Waals surface area contributed by atoms with Crippen LogP contribution in [0, 0.1) is 0 Å². The van der Waals surface area contributed by atoms with E-state index in [4.69, 9.17) is 0 Å². The van der Waals surface area contributed by atoms with Gasteiger partial charge in [-0.05, 0) is 103 Å². The lowest BCUT2D eigenvalue weighted by Gasteiger charge is -2.29. The Morgan fingerprint density at radius 2 is 0.488 bits per heavy atom. The first kappa shape index (κ1) is 24.0. The van der Waals surface area contributed by atoms with Crippen LogP contribution in [0.4, 0.5) is 17.1 Å². The molecule has 0 fully saturated rings. The van der Waals surface area contributed by atoms with E-state index in [-0.39, 0.29) is 0 Å². The predicted molar refractivity (Wildman–Crippen MR) is 186 cm³/mol. The molecule has 0 aliphatic rings. The van der Waals surface area contributed by atoms with Gasteiger partial charge in [0.05, 0.1) is 17.1 Å². The summed E-state index contributed by atoms with van der Waals surface area (Å²) < 4.78 is 0. The molecule has 9 rings (SSSR count). The Balaban J connectivity index is 1.42. The van der Waals surface area contributed by atoms with Crippen LogP contribution in [0.25, 0.3) is 64.6 Å². The van der Waals surface area contributed by atoms with Gasteiger partial charge < -0.3 is 4.90 Å². The van der Waals surface area contributed by atoms with Crippen LogP contribution in [0.1, 0.15) is 0 Å². The lowest BCUT2D eigenvalue weighted by molar-refractivity contribution is 1.33. The molecule has 43 heavy (non-hydrogen) atoms. The molecule has 9 aromatic rings. The first-order chi connectivity index (χ1) is 21.3. The molecule has 0 atom stereocenters. The van der Waals surface area contributed by atoms with Crippen LogP contribution in [-0.2, 0) is 0 Å². The van der Waals surface area contributed by atoms with Gasteiger partial charge in [0, 0.05) is 16.2 Å². The van der Waals surface area contributed by atoms with Crippen molar-refractivity contribution in [3.8, 4) is 0 Å². The molecule has 0 aliphatic carbocycles. The number of hydrogen-bond donors (Lipinski definition) is 0. The molecule has 0 heterocycles. The molecule has 0 bridgehead atoms. The molecule has 0 radical (unpaired) electrons. The standard InChI is InChI=1S/C42H27N/c1-4-13-31-25-37-34(22-28(31)10-1)16-7-19-40(37)43(41-20-8-17-35-23-29-11-2-5-14-32(29)26-38(35)41)42-21-9-18-36-24-30-12-3-6-15-33(30)27-39(36)42/h1-27H. The Morgan fingerprint density at radius 1 is 0.233 bits per heavy atom. The lowest BCUT2D eigenvalue weighted by atomic mass is 9.97. The number of hydrogen-bond acceptors (Lipinski definition) is 1. The van der Waals surface area contributed by atoms with E-state index < -0.39 is 0 Å². The molecule has 1 nitrogen and oxygen atoms in total. The van der Waals surface area contributed by atoms with Crippen molar-refractivity contribution in [3.05, 3.63) is 164 Å². The highest BCUT2D eigenvalue weighted by Gasteiger charge is 2.20. The third-order valence-electron chi connectivity index (χ3n) is 8.89. The van der Waals surface area contributed by atoms with Gasteiger partial charge >= 0.3 is 0 Å². The van der Waals surface area contributed by atoms with Gasteiger partial charge in [-0.25, -0.2) is 0 Å². The smallest absolute Gasteiger partial charge is 0.0540 e. The Labute approximate surface area is 249 Å². The first-order valence-corrected chi connectivity index (χ1v) is 14.8. The molecular weight excluding hydrogens is 518 g/mol.